The van der Waals surface area contributed by atoms with Gasteiger partial charge in [0.2, 0.25) is 0 Å². The van der Waals surface area contributed by atoms with Crippen molar-refractivity contribution in [2.75, 3.05) is 19.6 Å². The molecule has 0 spiro atoms. The lowest BCUT2D eigenvalue weighted by Crippen LogP contribution is -2.34. The van der Waals surface area contributed by atoms with Gasteiger partial charge in [0, 0.05) is 17.6 Å². The van der Waals surface area contributed by atoms with Gasteiger partial charge < -0.3 is 5.73 Å². The highest BCUT2D eigenvalue weighted by molar-refractivity contribution is 6.30. The molecular formula is C16H25ClN2. The van der Waals surface area contributed by atoms with Gasteiger partial charge in [0.1, 0.15) is 0 Å². The van der Waals surface area contributed by atoms with E-state index in [9.17, 15) is 0 Å². The van der Waals surface area contributed by atoms with Crippen molar-refractivity contribution >= 4 is 11.6 Å². The molecule has 1 atom stereocenters. The molecule has 0 bridgehead atoms. The number of hydrogen-bond acceptors (Lipinski definition) is 2. The summed E-state index contributed by atoms with van der Waals surface area (Å²) in [4.78, 5) is 2.54. The molecule has 19 heavy (non-hydrogen) atoms. The van der Waals surface area contributed by atoms with E-state index < -0.39 is 0 Å². The normalized spacial score (nSPS) is 21.9. The Morgan fingerprint density at radius 3 is 2.53 bits per heavy atom. The topological polar surface area (TPSA) is 29.3 Å². The highest BCUT2D eigenvalue weighted by Crippen LogP contribution is 2.33. The molecular weight excluding hydrogens is 256 g/mol. The molecule has 0 amide bonds. The Morgan fingerprint density at radius 2 is 1.89 bits per heavy atom. The summed E-state index contributed by atoms with van der Waals surface area (Å²) >= 11 is 5.96. The van der Waals surface area contributed by atoms with Crippen LogP contribution in [0.15, 0.2) is 24.3 Å². The van der Waals surface area contributed by atoms with E-state index in [0.29, 0.717) is 18.0 Å². The zero-order chi connectivity index (χ0) is 13.9. The largest absolute Gasteiger partial charge is 0.329 e. The fraction of sp³-hybridized carbons (Fsp3) is 0.625. The molecule has 1 unspecified atom stereocenters. The molecule has 2 nitrogen and oxygen atoms in total. The van der Waals surface area contributed by atoms with E-state index in [1.165, 1.54) is 24.8 Å². The van der Waals surface area contributed by atoms with Gasteiger partial charge in [0.15, 0.2) is 0 Å². The zero-order valence-corrected chi connectivity index (χ0v) is 12.8. The number of likely N-dealkylation sites (tertiary alicyclic amines) is 1. The van der Waals surface area contributed by atoms with Gasteiger partial charge in [0.25, 0.3) is 0 Å². The van der Waals surface area contributed by atoms with E-state index in [1.54, 1.807) is 0 Å². The number of rotatable bonds is 3. The zero-order valence-electron chi connectivity index (χ0n) is 12.0. The van der Waals surface area contributed by atoms with Crippen molar-refractivity contribution in [2.24, 2.45) is 11.1 Å². The predicted octanol–water partition coefficient (Wildman–Crippen LogP) is 3.85. The Morgan fingerprint density at radius 1 is 1.21 bits per heavy atom. The van der Waals surface area contributed by atoms with Crippen LogP contribution in [-0.2, 0) is 0 Å². The second-order valence-electron chi connectivity index (χ2n) is 6.36. The van der Waals surface area contributed by atoms with Crippen molar-refractivity contribution < 1.29 is 0 Å². The van der Waals surface area contributed by atoms with Gasteiger partial charge in [-0.3, -0.25) is 4.90 Å². The summed E-state index contributed by atoms with van der Waals surface area (Å²) in [7, 11) is 0. The molecule has 1 aromatic carbocycles. The van der Waals surface area contributed by atoms with Gasteiger partial charge in [-0.25, -0.2) is 0 Å². The monoisotopic (exact) mass is 280 g/mol. The van der Waals surface area contributed by atoms with Crippen molar-refractivity contribution in [3.8, 4) is 0 Å². The molecule has 0 saturated carbocycles. The highest BCUT2D eigenvalue weighted by atomic mass is 35.5. The first-order chi connectivity index (χ1) is 9.02. The first kappa shape index (κ1) is 14.8. The van der Waals surface area contributed by atoms with E-state index in [4.69, 9.17) is 17.3 Å². The second kappa shape index (κ2) is 6.25. The van der Waals surface area contributed by atoms with Gasteiger partial charge in [-0.15, -0.1) is 0 Å². The van der Waals surface area contributed by atoms with Gasteiger partial charge in [-0.1, -0.05) is 37.6 Å². The van der Waals surface area contributed by atoms with Crippen molar-refractivity contribution in [1.29, 1.82) is 0 Å². The molecule has 1 aromatic rings. The molecule has 3 heteroatoms. The minimum Gasteiger partial charge on any atom is -0.329 e. The summed E-state index contributed by atoms with van der Waals surface area (Å²) in [6, 6.07) is 8.46. The van der Waals surface area contributed by atoms with Crippen LogP contribution in [0.4, 0.5) is 0 Å². The molecule has 1 aliphatic heterocycles. The quantitative estimate of drug-likeness (QED) is 0.911. The smallest absolute Gasteiger partial charge is 0.0470 e. The Kier molecular flexibility index (Phi) is 4.88. The molecule has 0 radical (unpaired) electrons. The Balaban J connectivity index is 2.11. The minimum absolute atomic E-state index is 0.325. The third-order valence-electron chi connectivity index (χ3n) is 4.29. The predicted molar refractivity (Wildman–Crippen MR) is 82.5 cm³/mol. The maximum atomic E-state index is 6.02. The van der Waals surface area contributed by atoms with Crippen molar-refractivity contribution in [1.82, 2.24) is 4.90 Å². The lowest BCUT2D eigenvalue weighted by molar-refractivity contribution is 0.200. The number of hydrogen-bond donors (Lipinski definition) is 1. The Bertz CT molecular complexity index is 400. The van der Waals surface area contributed by atoms with Gasteiger partial charge >= 0.3 is 0 Å². The maximum absolute atomic E-state index is 6.02. The number of benzene rings is 1. The van der Waals surface area contributed by atoms with Crippen LogP contribution in [-0.4, -0.2) is 24.5 Å². The van der Waals surface area contributed by atoms with Gasteiger partial charge in [0.05, 0.1) is 0 Å². The average Bonchev–Trinajstić information content (AvgIpc) is 2.54. The van der Waals surface area contributed by atoms with E-state index in [-0.39, 0.29) is 0 Å². The first-order valence-corrected chi connectivity index (χ1v) is 7.59. The fourth-order valence-electron chi connectivity index (χ4n) is 2.94. The molecule has 2 N–H and O–H groups in total. The van der Waals surface area contributed by atoms with Crippen LogP contribution in [0.3, 0.4) is 0 Å². The van der Waals surface area contributed by atoms with Crippen molar-refractivity contribution in [3.63, 3.8) is 0 Å². The average molecular weight is 281 g/mol. The first-order valence-electron chi connectivity index (χ1n) is 7.21. The lowest BCUT2D eigenvalue weighted by atomic mass is 9.85. The number of nitrogens with two attached hydrogens (primary N) is 1. The lowest BCUT2D eigenvalue weighted by Gasteiger charge is -2.30. The van der Waals surface area contributed by atoms with Crippen LogP contribution in [0.5, 0.6) is 0 Å². The molecule has 1 fully saturated rings. The standard InChI is InChI=1S/C16H25ClN2/c1-16(2)8-3-10-19(11-9-16)15(12-18)13-4-6-14(17)7-5-13/h4-7,15H,3,8-12,18H2,1-2H3. The fourth-order valence-corrected chi connectivity index (χ4v) is 3.06. The summed E-state index contributed by atoms with van der Waals surface area (Å²) < 4.78 is 0. The SMILES string of the molecule is CC1(C)CCCN(C(CN)c2ccc(Cl)cc2)CC1. The number of halogens is 1. The van der Waals surface area contributed by atoms with E-state index in [1.807, 2.05) is 12.1 Å². The number of nitrogens with zero attached hydrogens (tertiary/aromatic N) is 1. The van der Waals surface area contributed by atoms with Crippen LogP contribution < -0.4 is 5.73 Å². The van der Waals surface area contributed by atoms with Gasteiger partial charge in [-0.2, -0.15) is 0 Å². The Labute approximate surface area is 121 Å². The third-order valence-corrected chi connectivity index (χ3v) is 4.55. The van der Waals surface area contributed by atoms with Crippen LogP contribution in [0.2, 0.25) is 5.02 Å². The van der Waals surface area contributed by atoms with Crippen molar-refractivity contribution in [2.45, 2.75) is 39.2 Å². The van der Waals surface area contributed by atoms with E-state index in [0.717, 1.165) is 18.1 Å². The van der Waals surface area contributed by atoms with E-state index >= 15 is 0 Å². The minimum atomic E-state index is 0.325. The van der Waals surface area contributed by atoms with Gasteiger partial charge in [-0.05, 0) is 55.5 Å². The molecule has 2 rings (SSSR count). The molecule has 1 saturated heterocycles. The highest BCUT2D eigenvalue weighted by Gasteiger charge is 2.27. The summed E-state index contributed by atoms with van der Waals surface area (Å²) in [5.41, 5.74) is 7.77. The summed E-state index contributed by atoms with van der Waals surface area (Å²) in [6.07, 6.45) is 3.82. The summed E-state index contributed by atoms with van der Waals surface area (Å²) in [6.45, 7) is 7.69. The van der Waals surface area contributed by atoms with Crippen LogP contribution >= 0.6 is 11.6 Å². The molecule has 1 aliphatic rings. The summed E-state index contributed by atoms with van der Waals surface area (Å²) in [5.74, 6) is 0. The molecule has 106 valence electrons. The second-order valence-corrected chi connectivity index (χ2v) is 6.79. The summed E-state index contributed by atoms with van der Waals surface area (Å²) in [5, 5.41) is 0.788. The molecule has 0 aromatic heterocycles. The maximum Gasteiger partial charge on any atom is 0.0470 e. The van der Waals surface area contributed by atoms with Crippen molar-refractivity contribution in [3.05, 3.63) is 34.9 Å². The third kappa shape index (κ3) is 3.95. The van der Waals surface area contributed by atoms with Crippen LogP contribution in [0, 0.1) is 5.41 Å². The Hall–Kier alpha value is -0.570. The molecule has 0 aliphatic carbocycles. The van der Waals surface area contributed by atoms with E-state index in [2.05, 4.69) is 30.9 Å². The van der Waals surface area contributed by atoms with Crippen LogP contribution in [0.25, 0.3) is 0 Å². The molecule has 1 heterocycles. The van der Waals surface area contributed by atoms with Crippen LogP contribution in [0.1, 0.15) is 44.7 Å².